The van der Waals surface area contributed by atoms with Crippen LogP contribution in [0.5, 0.6) is 0 Å². The summed E-state index contributed by atoms with van der Waals surface area (Å²) in [6, 6.07) is 6.53. The van der Waals surface area contributed by atoms with E-state index in [-0.39, 0.29) is 17.6 Å². The molecular formula is C14H14Cl2FNO. The number of nitrogens with zero attached hydrogens (tertiary/aromatic N) is 1. The fraction of sp³-hybridized carbons (Fsp3) is 0.500. The van der Waals surface area contributed by atoms with Gasteiger partial charge in [-0.1, -0.05) is 12.1 Å². The van der Waals surface area contributed by atoms with Gasteiger partial charge in [0.15, 0.2) is 0 Å². The molecule has 5 heteroatoms. The molecule has 1 unspecified atom stereocenters. The summed E-state index contributed by atoms with van der Waals surface area (Å²) in [6.45, 7) is 0.504. The summed E-state index contributed by atoms with van der Waals surface area (Å²) in [5, 5.41) is 0. The van der Waals surface area contributed by atoms with Crippen molar-refractivity contribution in [3.05, 3.63) is 35.6 Å². The van der Waals surface area contributed by atoms with Crippen molar-refractivity contribution in [2.45, 2.75) is 36.2 Å². The second-order valence-electron chi connectivity index (χ2n) is 5.34. The number of alkyl halides is 2. The Kier molecular flexibility index (Phi) is 3.22. The zero-order valence-electron chi connectivity index (χ0n) is 10.3. The highest BCUT2D eigenvalue weighted by Crippen LogP contribution is 2.54. The predicted octanol–water partition coefficient (Wildman–Crippen LogP) is 3.51. The monoisotopic (exact) mass is 301 g/mol. The molecule has 2 aliphatic rings. The number of hydrogen-bond acceptors (Lipinski definition) is 1. The maximum Gasteiger partial charge on any atom is 0.229 e. The minimum Gasteiger partial charge on any atom is -0.335 e. The van der Waals surface area contributed by atoms with Gasteiger partial charge in [0.25, 0.3) is 0 Å². The first kappa shape index (κ1) is 13.2. The number of carbonyl (C=O) groups is 1. The summed E-state index contributed by atoms with van der Waals surface area (Å²) in [5.74, 6) is -0.524. The van der Waals surface area contributed by atoms with Gasteiger partial charge in [-0.2, -0.15) is 0 Å². The maximum absolute atomic E-state index is 12.9. The first-order valence-corrected chi connectivity index (χ1v) is 7.16. The number of rotatable bonds is 4. The van der Waals surface area contributed by atoms with Crippen molar-refractivity contribution in [3.8, 4) is 0 Å². The van der Waals surface area contributed by atoms with Crippen LogP contribution >= 0.6 is 23.2 Å². The third kappa shape index (κ3) is 2.87. The van der Waals surface area contributed by atoms with Crippen LogP contribution in [0.4, 0.5) is 4.39 Å². The Morgan fingerprint density at radius 2 is 1.89 bits per heavy atom. The molecular weight excluding hydrogens is 288 g/mol. The van der Waals surface area contributed by atoms with E-state index >= 15 is 0 Å². The van der Waals surface area contributed by atoms with Crippen molar-refractivity contribution >= 4 is 29.1 Å². The topological polar surface area (TPSA) is 20.3 Å². The zero-order valence-corrected chi connectivity index (χ0v) is 11.8. The van der Waals surface area contributed by atoms with Crippen LogP contribution in [-0.4, -0.2) is 21.2 Å². The third-order valence-corrected chi connectivity index (χ3v) is 4.50. The first-order valence-electron chi connectivity index (χ1n) is 6.40. The van der Waals surface area contributed by atoms with Crippen LogP contribution in [0.25, 0.3) is 0 Å². The van der Waals surface area contributed by atoms with Gasteiger partial charge in [-0.15, -0.1) is 23.2 Å². The van der Waals surface area contributed by atoms with E-state index in [2.05, 4.69) is 0 Å². The van der Waals surface area contributed by atoms with Gasteiger partial charge in [0.1, 0.15) is 10.2 Å². The lowest BCUT2D eigenvalue weighted by molar-refractivity contribution is -0.133. The van der Waals surface area contributed by atoms with Crippen molar-refractivity contribution in [1.82, 2.24) is 4.90 Å². The summed E-state index contributed by atoms with van der Waals surface area (Å²) in [5.41, 5.74) is 0.928. The molecule has 0 spiro atoms. The molecule has 0 bridgehead atoms. The van der Waals surface area contributed by atoms with Crippen molar-refractivity contribution in [2.24, 2.45) is 5.92 Å². The Morgan fingerprint density at radius 3 is 2.37 bits per heavy atom. The fourth-order valence-electron chi connectivity index (χ4n) is 2.24. The van der Waals surface area contributed by atoms with E-state index in [1.54, 1.807) is 12.1 Å². The predicted molar refractivity (Wildman–Crippen MR) is 72.5 cm³/mol. The van der Waals surface area contributed by atoms with E-state index in [0.717, 1.165) is 18.4 Å². The van der Waals surface area contributed by atoms with Gasteiger partial charge in [-0.05, 0) is 37.0 Å². The van der Waals surface area contributed by atoms with Gasteiger partial charge in [0.05, 0.1) is 5.92 Å². The van der Waals surface area contributed by atoms with Gasteiger partial charge in [0.2, 0.25) is 5.91 Å². The second kappa shape index (κ2) is 4.64. The molecule has 1 aromatic rings. The van der Waals surface area contributed by atoms with Gasteiger partial charge >= 0.3 is 0 Å². The van der Waals surface area contributed by atoms with Crippen LogP contribution < -0.4 is 0 Å². The molecule has 0 heterocycles. The van der Waals surface area contributed by atoms with Gasteiger partial charge in [-0.25, -0.2) is 4.39 Å². The molecule has 0 radical (unpaired) electrons. The smallest absolute Gasteiger partial charge is 0.229 e. The number of amides is 1. The van der Waals surface area contributed by atoms with Crippen LogP contribution in [0.1, 0.15) is 24.8 Å². The Balaban J connectivity index is 1.71. The van der Waals surface area contributed by atoms with Gasteiger partial charge in [-0.3, -0.25) is 4.79 Å². The zero-order chi connectivity index (χ0) is 13.6. The van der Waals surface area contributed by atoms with Crippen molar-refractivity contribution in [2.75, 3.05) is 0 Å². The molecule has 1 aromatic carbocycles. The Hall–Kier alpha value is -0.800. The number of hydrogen-bond donors (Lipinski definition) is 0. The average molecular weight is 302 g/mol. The minimum absolute atomic E-state index is 0.0248. The molecule has 19 heavy (non-hydrogen) atoms. The number of benzene rings is 1. The number of carbonyl (C=O) groups excluding carboxylic acids is 1. The summed E-state index contributed by atoms with van der Waals surface area (Å²) < 4.78 is 12.0. The lowest BCUT2D eigenvalue weighted by Gasteiger charge is -2.23. The largest absolute Gasteiger partial charge is 0.335 e. The van der Waals surface area contributed by atoms with E-state index in [1.807, 2.05) is 4.90 Å². The molecule has 2 fully saturated rings. The molecule has 0 N–H and O–H groups in total. The number of halogens is 3. The lowest BCUT2D eigenvalue weighted by atomic mass is 10.2. The van der Waals surface area contributed by atoms with Crippen molar-refractivity contribution < 1.29 is 9.18 Å². The molecule has 1 atom stereocenters. The first-order chi connectivity index (χ1) is 8.97. The standard InChI is InChI=1S/C14H14Cl2FNO/c15-14(16)7-12(14)13(19)18(11-5-6-11)8-9-1-3-10(17)4-2-9/h1-4,11-12H,5-8H2. The Bertz CT molecular complexity index is 499. The molecule has 0 saturated heterocycles. The summed E-state index contributed by atoms with van der Waals surface area (Å²) in [6.07, 6.45) is 2.58. The Morgan fingerprint density at radius 1 is 1.32 bits per heavy atom. The Labute approximate surface area is 121 Å². The summed E-state index contributed by atoms with van der Waals surface area (Å²) >= 11 is 11.9. The maximum atomic E-state index is 12.9. The van der Waals surface area contributed by atoms with Crippen LogP contribution in [-0.2, 0) is 11.3 Å². The van der Waals surface area contributed by atoms with E-state index in [1.165, 1.54) is 12.1 Å². The van der Waals surface area contributed by atoms with Crippen molar-refractivity contribution in [1.29, 1.82) is 0 Å². The molecule has 2 aliphatic carbocycles. The average Bonchev–Trinajstić information content (AvgIpc) is 3.25. The van der Waals surface area contributed by atoms with E-state index < -0.39 is 4.33 Å². The van der Waals surface area contributed by atoms with Crippen molar-refractivity contribution in [3.63, 3.8) is 0 Å². The highest BCUT2D eigenvalue weighted by molar-refractivity contribution is 6.52. The summed E-state index contributed by atoms with van der Waals surface area (Å²) in [4.78, 5) is 14.2. The molecule has 0 aliphatic heterocycles. The third-order valence-electron chi connectivity index (χ3n) is 3.66. The van der Waals surface area contributed by atoms with Gasteiger partial charge in [0, 0.05) is 12.6 Å². The fourth-order valence-corrected chi connectivity index (χ4v) is 2.74. The molecule has 1 amide bonds. The molecule has 2 nitrogen and oxygen atoms in total. The van der Waals surface area contributed by atoms with Crippen LogP contribution in [0.3, 0.4) is 0 Å². The highest BCUT2D eigenvalue weighted by Gasteiger charge is 2.58. The van der Waals surface area contributed by atoms with Gasteiger partial charge < -0.3 is 4.90 Å². The second-order valence-corrected chi connectivity index (χ2v) is 6.88. The van der Waals surface area contributed by atoms with E-state index in [9.17, 15) is 9.18 Å². The molecule has 3 rings (SSSR count). The summed E-state index contributed by atoms with van der Waals surface area (Å²) in [7, 11) is 0. The lowest BCUT2D eigenvalue weighted by Crippen LogP contribution is -2.34. The van der Waals surface area contributed by atoms with E-state index in [0.29, 0.717) is 19.0 Å². The SMILES string of the molecule is O=C(C1CC1(Cl)Cl)N(Cc1ccc(F)cc1)C1CC1. The highest BCUT2D eigenvalue weighted by atomic mass is 35.5. The van der Waals surface area contributed by atoms with Crippen LogP contribution in [0, 0.1) is 11.7 Å². The quantitative estimate of drug-likeness (QED) is 0.779. The van der Waals surface area contributed by atoms with Crippen LogP contribution in [0.15, 0.2) is 24.3 Å². The van der Waals surface area contributed by atoms with Crippen LogP contribution in [0.2, 0.25) is 0 Å². The van der Waals surface area contributed by atoms with E-state index in [4.69, 9.17) is 23.2 Å². The normalized spacial score (nSPS) is 24.1. The molecule has 0 aromatic heterocycles. The minimum atomic E-state index is -0.882. The molecule has 2 saturated carbocycles. The molecule has 102 valence electrons.